The molecule has 0 bridgehead atoms. The quantitative estimate of drug-likeness (QED) is 0.653. The molecule has 138 valence electrons. The third-order valence-corrected chi connectivity index (χ3v) is 5.20. The van der Waals surface area contributed by atoms with Crippen molar-refractivity contribution in [3.63, 3.8) is 0 Å². The molecule has 5 nitrogen and oxygen atoms in total. The van der Waals surface area contributed by atoms with E-state index in [1.807, 2.05) is 36.4 Å². The van der Waals surface area contributed by atoms with E-state index in [0.717, 1.165) is 6.42 Å². The van der Waals surface area contributed by atoms with E-state index < -0.39 is 18.3 Å². The van der Waals surface area contributed by atoms with Gasteiger partial charge in [0.15, 0.2) is 6.29 Å². The van der Waals surface area contributed by atoms with E-state index in [-0.39, 0.29) is 18.1 Å². The van der Waals surface area contributed by atoms with Crippen molar-refractivity contribution in [2.75, 3.05) is 13.2 Å². The van der Waals surface area contributed by atoms with Gasteiger partial charge in [-0.3, -0.25) is 0 Å². The highest BCUT2D eigenvalue weighted by Gasteiger charge is 2.42. The lowest BCUT2D eigenvalue weighted by molar-refractivity contribution is -0.0696. The van der Waals surface area contributed by atoms with Crippen LogP contribution >= 0.6 is 0 Å². The molecule has 0 unspecified atom stereocenters. The Balaban J connectivity index is 1.53. The zero-order chi connectivity index (χ0) is 17.6. The third kappa shape index (κ3) is 5.12. The Hall–Kier alpha value is -1.24. The molecule has 5 heteroatoms. The van der Waals surface area contributed by atoms with E-state index in [9.17, 15) is 15.3 Å². The highest BCUT2D eigenvalue weighted by Crippen LogP contribution is 2.37. The lowest BCUT2D eigenvalue weighted by atomic mass is 9.89. The number of ether oxygens (including phenoxy) is 2. The molecule has 0 spiro atoms. The molecule has 2 aliphatic rings. The predicted octanol–water partition coefficient (Wildman–Crippen LogP) is 1.66. The lowest BCUT2D eigenvalue weighted by Crippen LogP contribution is -2.26. The highest BCUT2D eigenvalue weighted by molar-refractivity contribution is 5.15. The van der Waals surface area contributed by atoms with Crippen LogP contribution in [0, 0.1) is 11.8 Å². The van der Waals surface area contributed by atoms with Crippen molar-refractivity contribution in [3.05, 3.63) is 48.0 Å². The second-order valence-electron chi connectivity index (χ2n) is 6.99. The Morgan fingerprint density at radius 2 is 1.80 bits per heavy atom. The first-order valence-corrected chi connectivity index (χ1v) is 9.13. The standard InChI is InChI=1S/C20H28O5/c21-15(7-6-14-4-2-1-3-5-14)8-9-16-17(19(23)13-18(16)22)12-20-24-10-11-25-20/h1-5,8-9,15-23H,6-7,10-13H2/b9-8+/t15-,16+,17+,18+,19-/m0/s1. The maximum atomic E-state index is 10.2. The van der Waals surface area contributed by atoms with Gasteiger partial charge in [0, 0.05) is 18.8 Å². The summed E-state index contributed by atoms with van der Waals surface area (Å²) in [6.45, 7) is 1.16. The van der Waals surface area contributed by atoms with E-state index in [0.29, 0.717) is 32.5 Å². The van der Waals surface area contributed by atoms with Crippen LogP contribution in [-0.4, -0.2) is 53.1 Å². The number of aliphatic hydroxyl groups is 3. The number of aliphatic hydroxyl groups excluding tert-OH is 3. The molecule has 1 saturated carbocycles. The Bertz CT molecular complexity index is 540. The summed E-state index contributed by atoms with van der Waals surface area (Å²) in [6, 6.07) is 10.1. The summed E-state index contributed by atoms with van der Waals surface area (Å²) in [6.07, 6.45) is 3.92. The van der Waals surface area contributed by atoms with Gasteiger partial charge in [0.25, 0.3) is 0 Å². The second-order valence-corrected chi connectivity index (χ2v) is 6.99. The van der Waals surface area contributed by atoms with Crippen LogP contribution in [0.25, 0.3) is 0 Å². The van der Waals surface area contributed by atoms with E-state index in [4.69, 9.17) is 9.47 Å². The van der Waals surface area contributed by atoms with Crippen LogP contribution in [0.4, 0.5) is 0 Å². The number of hydrogen-bond donors (Lipinski definition) is 3. The minimum Gasteiger partial charge on any atom is -0.393 e. The average Bonchev–Trinajstić information content (AvgIpc) is 3.21. The van der Waals surface area contributed by atoms with Gasteiger partial charge < -0.3 is 24.8 Å². The molecule has 1 heterocycles. The van der Waals surface area contributed by atoms with Crippen LogP contribution in [-0.2, 0) is 15.9 Å². The maximum absolute atomic E-state index is 10.2. The van der Waals surface area contributed by atoms with Crippen molar-refractivity contribution in [1.82, 2.24) is 0 Å². The van der Waals surface area contributed by atoms with Gasteiger partial charge in [-0.15, -0.1) is 0 Å². The van der Waals surface area contributed by atoms with Crippen LogP contribution in [0.2, 0.25) is 0 Å². The first kappa shape index (κ1) is 18.5. The molecule has 25 heavy (non-hydrogen) atoms. The maximum Gasteiger partial charge on any atom is 0.158 e. The molecule has 1 aromatic rings. The van der Waals surface area contributed by atoms with Crippen molar-refractivity contribution >= 4 is 0 Å². The summed E-state index contributed by atoms with van der Waals surface area (Å²) >= 11 is 0. The fraction of sp³-hybridized carbons (Fsp3) is 0.600. The average molecular weight is 348 g/mol. The lowest BCUT2D eigenvalue weighted by Gasteiger charge is -2.23. The molecule has 1 saturated heterocycles. The summed E-state index contributed by atoms with van der Waals surface area (Å²) < 4.78 is 10.9. The molecule has 3 rings (SSSR count). The van der Waals surface area contributed by atoms with Crippen LogP contribution < -0.4 is 0 Å². The minimum absolute atomic E-state index is 0.115. The Kier molecular flexibility index (Phi) is 6.62. The third-order valence-electron chi connectivity index (χ3n) is 5.20. The van der Waals surface area contributed by atoms with Gasteiger partial charge in [-0.25, -0.2) is 0 Å². The molecule has 0 aromatic heterocycles. The minimum atomic E-state index is -0.598. The second kappa shape index (κ2) is 8.92. The van der Waals surface area contributed by atoms with Crippen molar-refractivity contribution in [2.24, 2.45) is 11.8 Å². The van der Waals surface area contributed by atoms with Crippen LogP contribution in [0.3, 0.4) is 0 Å². The number of aryl methyl sites for hydroxylation is 1. The van der Waals surface area contributed by atoms with Gasteiger partial charge in [0.2, 0.25) is 0 Å². The normalized spacial score (nSPS) is 31.8. The molecule has 3 N–H and O–H groups in total. The summed E-state index contributed by atoms with van der Waals surface area (Å²) in [5.41, 5.74) is 1.19. The fourth-order valence-electron chi connectivity index (χ4n) is 3.78. The van der Waals surface area contributed by atoms with Gasteiger partial charge in [-0.05, 0) is 24.3 Å². The van der Waals surface area contributed by atoms with Gasteiger partial charge in [0.1, 0.15) is 0 Å². The Morgan fingerprint density at radius 3 is 2.52 bits per heavy atom. The van der Waals surface area contributed by atoms with Gasteiger partial charge >= 0.3 is 0 Å². The first-order valence-electron chi connectivity index (χ1n) is 9.13. The molecule has 5 atom stereocenters. The van der Waals surface area contributed by atoms with Crippen molar-refractivity contribution in [3.8, 4) is 0 Å². The summed E-state index contributed by atoms with van der Waals surface area (Å²) in [5.74, 6) is -0.301. The number of rotatable bonds is 7. The highest BCUT2D eigenvalue weighted by atomic mass is 16.7. The Morgan fingerprint density at radius 1 is 1.08 bits per heavy atom. The predicted molar refractivity (Wildman–Crippen MR) is 93.8 cm³/mol. The van der Waals surface area contributed by atoms with Crippen molar-refractivity contribution in [2.45, 2.75) is 50.3 Å². The fourth-order valence-corrected chi connectivity index (χ4v) is 3.78. The van der Waals surface area contributed by atoms with E-state index in [1.54, 1.807) is 6.08 Å². The zero-order valence-electron chi connectivity index (χ0n) is 14.4. The Labute approximate surface area is 148 Å². The summed E-state index contributed by atoms with van der Waals surface area (Å²) in [7, 11) is 0. The smallest absolute Gasteiger partial charge is 0.158 e. The molecule has 1 aliphatic carbocycles. The molecule has 1 aromatic carbocycles. The van der Waals surface area contributed by atoms with E-state index >= 15 is 0 Å². The SMILES string of the molecule is O[C@H](/C=C/[C@@H]1[C@@H](CC2OCCO2)[C@@H](O)C[C@H]1O)CCc1ccccc1. The van der Waals surface area contributed by atoms with E-state index in [1.165, 1.54) is 5.56 Å². The molecular formula is C20H28O5. The molecule has 0 radical (unpaired) electrons. The van der Waals surface area contributed by atoms with Crippen LogP contribution in [0.1, 0.15) is 24.8 Å². The summed E-state index contributed by atoms with van der Waals surface area (Å²) in [5, 5.41) is 30.7. The first-order chi connectivity index (χ1) is 12.1. The van der Waals surface area contributed by atoms with Crippen molar-refractivity contribution < 1.29 is 24.8 Å². The largest absolute Gasteiger partial charge is 0.393 e. The molecule has 1 aliphatic heterocycles. The number of benzene rings is 1. The molecular weight excluding hydrogens is 320 g/mol. The monoisotopic (exact) mass is 348 g/mol. The molecule has 0 amide bonds. The van der Waals surface area contributed by atoms with Gasteiger partial charge in [-0.1, -0.05) is 42.5 Å². The van der Waals surface area contributed by atoms with Crippen LogP contribution in [0.5, 0.6) is 0 Å². The van der Waals surface area contributed by atoms with E-state index in [2.05, 4.69) is 0 Å². The van der Waals surface area contributed by atoms with Gasteiger partial charge in [0.05, 0.1) is 31.5 Å². The zero-order valence-corrected chi connectivity index (χ0v) is 14.4. The molecule has 2 fully saturated rings. The topological polar surface area (TPSA) is 79.2 Å². The number of hydrogen-bond acceptors (Lipinski definition) is 5. The van der Waals surface area contributed by atoms with Crippen LogP contribution in [0.15, 0.2) is 42.5 Å². The van der Waals surface area contributed by atoms with Crippen molar-refractivity contribution in [1.29, 1.82) is 0 Å². The van der Waals surface area contributed by atoms with Gasteiger partial charge in [-0.2, -0.15) is 0 Å². The summed E-state index contributed by atoms with van der Waals surface area (Å²) in [4.78, 5) is 0.